The fourth-order valence-corrected chi connectivity index (χ4v) is 4.30. The second kappa shape index (κ2) is 7.34. The first-order valence-corrected chi connectivity index (χ1v) is 14.6. The van der Waals surface area contributed by atoms with Crippen molar-refractivity contribution in [1.82, 2.24) is 0 Å². The lowest BCUT2D eigenvalue weighted by Gasteiger charge is -2.41. The SMILES string of the molecule is [C-]#[N+][C@H]1CO[C@@H](CO[Si](C)(C)C(C)(C)C)[C@H](O)[C@@H]1O[Si](C)(C)C. The Labute approximate surface area is 143 Å². The van der Waals surface area contributed by atoms with Gasteiger partial charge >= 0.3 is 0 Å². The molecule has 0 spiro atoms. The quantitative estimate of drug-likeness (QED) is 0.604. The normalized spacial score (nSPS) is 30.1. The molecular formula is C16H33NO4Si2. The Bertz CT molecular complexity index is 437. The summed E-state index contributed by atoms with van der Waals surface area (Å²) in [6.45, 7) is 25.1. The van der Waals surface area contributed by atoms with E-state index in [0.29, 0.717) is 13.2 Å². The van der Waals surface area contributed by atoms with Crippen molar-refractivity contribution in [2.24, 2.45) is 0 Å². The Balaban J connectivity index is 2.77. The zero-order chi connectivity index (χ0) is 18.1. The highest BCUT2D eigenvalue weighted by molar-refractivity contribution is 6.74. The number of nitrogens with zero attached hydrogens (tertiary/aromatic N) is 1. The standard InChI is InChI=1S/C16H33NO4Si2/c1-16(2,3)23(8,9)20-11-13-14(18)15(21-22(5,6)7)12(17-4)10-19-13/h12-15,18H,10-11H2,1-3,5-9H3/t12-,13-,14-,15+/m0/s1. The average Bonchev–Trinajstić information content (AvgIpc) is 2.37. The molecule has 0 aromatic carbocycles. The molecular weight excluding hydrogens is 326 g/mol. The van der Waals surface area contributed by atoms with Gasteiger partial charge in [-0.2, -0.15) is 0 Å². The molecule has 0 saturated carbocycles. The molecule has 7 heteroatoms. The van der Waals surface area contributed by atoms with E-state index in [1.165, 1.54) is 0 Å². The highest BCUT2D eigenvalue weighted by Crippen LogP contribution is 2.37. The molecule has 23 heavy (non-hydrogen) atoms. The molecule has 134 valence electrons. The molecule has 1 fully saturated rings. The largest absolute Gasteiger partial charge is 0.414 e. The van der Waals surface area contributed by atoms with Crippen LogP contribution in [-0.4, -0.2) is 59.3 Å². The molecule has 0 unspecified atom stereocenters. The summed E-state index contributed by atoms with van der Waals surface area (Å²) in [5, 5.41) is 10.8. The van der Waals surface area contributed by atoms with Crippen LogP contribution in [0.1, 0.15) is 20.8 Å². The summed E-state index contributed by atoms with van der Waals surface area (Å²) in [6.07, 6.45) is -1.73. The third-order valence-corrected chi connectivity index (χ3v) is 10.1. The summed E-state index contributed by atoms with van der Waals surface area (Å²) in [4.78, 5) is 3.58. The van der Waals surface area contributed by atoms with Crippen LogP contribution >= 0.6 is 0 Å². The number of rotatable bonds is 5. The van der Waals surface area contributed by atoms with E-state index in [1.54, 1.807) is 0 Å². The van der Waals surface area contributed by atoms with Gasteiger partial charge in [-0.25, -0.2) is 6.57 Å². The van der Waals surface area contributed by atoms with Crippen molar-refractivity contribution in [1.29, 1.82) is 0 Å². The van der Waals surface area contributed by atoms with Crippen LogP contribution in [0.15, 0.2) is 0 Å². The van der Waals surface area contributed by atoms with Crippen LogP contribution in [0.4, 0.5) is 0 Å². The third-order valence-electron chi connectivity index (χ3n) is 4.65. The Morgan fingerprint density at radius 3 is 2.22 bits per heavy atom. The van der Waals surface area contributed by atoms with Gasteiger partial charge < -0.3 is 23.5 Å². The van der Waals surface area contributed by atoms with Gasteiger partial charge in [0.1, 0.15) is 18.8 Å². The minimum atomic E-state index is -1.90. The van der Waals surface area contributed by atoms with Gasteiger partial charge in [-0.05, 0) is 37.8 Å². The molecule has 4 atom stereocenters. The zero-order valence-electron chi connectivity index (χ0n) is 15.8. The lowest BCUT2D eigenvalue weighted by atomic mass is 9.99. The lowest BCUT2D eigenvalue weighted by Crippen LogP contribution is -2.58. The number of hydrogen-bond donors (Lipinski definition) is 1. The smallest absolute Gasteiger partial charge is 0.273 e. The first-order chi connectivity index (χ1) is 10.3. The molecule has 1 rings (SSSR count). The molecule has 0 aromatic heterocycles. The molecule has 1 N–H and O–H groups in total. The second-order valence-corrected chi connectivity index (χ2v) is 18.1. The Morgan fingerprint density at radius 1 is 1.22 bits per heavy atom. The van der Waals surface area contributed by atoms with Crippen molar-refractivity contribution < 1.29 is 18.7 Å². The van der Waals surface area contributed by atoms with E-state index in [4.69, 9.17) is 20.2 Å². The zero-order valence-corrected chi connectivity index (χ0v) is 17.8. The van der Waals surface area contributed by atoms with Crippen LogP contribution in [0.3, 0.4) is 0 Å². The predicted octanol–water partition coefficient (Wildman–Crippen LogP) is 3.28. The van der Waals surface area contributed by atoms with Gasteiger partial charge in [0, 0.05) is 0 Å². The van der Waals surface area contributed by atoms with Gasteiger partial charge in [-0.3, -0.25) is 0 Å². The van der Waals surface area contributed by atoms with Gasteiger partial charge in [0.15, 0.2) is 22.7 Å². The van der Waals surface area contributed by atoms with Crippen LogP contribution in [0.25, 0.3) is 4.85 Å². The van der Waals surface area contributed by atoms with Gasteiger partial charge in [0.2, 0.25) is 0 Å². The van der Waals surface area contributed by atoms with Gasteiger partial charge in [-0.1, -0.05) is 20.8 Å². The van der Waals surface area contributed by atoms with E-state index in [-0.39, 0.29) is 5.04 Å². The summed E-state index contributed by atoms with van der Waals surface area (Å²) in [5.74, 6) is 0. The predicted molar refractivity (Wildman–Crippen MR) is 97.5 cm³/mol. The molecule has 1 saturated heterocycles. The fourth-order valence-electron chi connectivity index (χ4n) is 2.18. The summed E-state index contributed by atoms with van der Waals surface area (Å²) >= 11 is 0. The van der Waals surface area contributed by atoms with Crippen LogP contribution in [0.2, 0.25) is 37.8 Å². The molecule has 5 nitrogen and oxygen atoms in total. The lowest BCUT2D eigenvalue weighted by molar-refractivity contribution is -0.143. The minimum absolute atomic E-state index is 0.111. The average molecular weight is 360 g/mol. The molecule has 0 aliphatic carbocycles. The van der Waals surface area contributed by atoms with E-state index in [2.05, 4.69) is 58.4 Å². The van der Waals surface area contributed by atoms with Crippen LogP contribution in [-0.2, 0) is 13.6 Å². The van der Waals surface area contributed by atoms with Crippen LogP contribution in [0.5, 0.6) is 0 Å². The van der Waals surface area contributed by atoms with E-state index in [1.807, 2.05) is 0 Å². The summed E-state index contributed by atoms with van der Waals surface area (Å²) < 4.78 is 18.0. The molecule has 0 aromatic rings. The van der Waals surface area contributed by atoms with Crippen molar-refractivity contribution in [2.45, 2.75) is 82.9 Å². The van der Waals surface area contributed by atoms with Crippen molar-refractivity contribution >= 4 is 16.6 Å². The van der Waals surface area contributed by atoms with Gasteiger partial charge in [0.05, 0.1) is 6.61 Å². The molecule has 0 amide bonds. The summed E-state index contributed by atoms with van der Waals surface area (Å²) in [5.41, 5.74) is 0. The Morgan fingerprint density at radius 2 is 1.78 bits per heavy atom. The Hall–Kier alpha value is -0.236. The maximum atomic E-state index is 10.7. The maximum absolute atomic E-state index is 10.7. The van der Waals surface area contributed by atoms with Crippen LogP contribution in [0, 0.1) is 6.57 Å². The maximum Gasteiger partial charge on any atom is 0.273 e. The number of ether oxygens (including phenoxy) is 1. The van der Waals surface area contributed by atoms with Crippen molar-refractivity contribution in [3.8, 4) is 0 Å². The first-order valence-electron chi connectivity index (χ1n) is 8.26. The highest BCUT2D eigenvalue weighted by Gasteiger charge is 2.47. The van der Waals surface area contributed by atoms with Crippen molar-refractivity contribution in [2.75, 3.05) is 13.2 Å². The second-order valence-electron chi connectivity index (χ2n) is 8.82. The first kappa shape index (κ1) is 20.8. The molecule has 1 aliphatic rings. The van der Waals surface area contributed by atoms with E-state index in [9.17, 15) is 5.11 Å². The van der Waals surface area contributed by atoms with Crippen molar-refractivity contribution in [3.05, 3.63) is 11.4 Å². The van der Waals surface area contributed by atoms with E-state index in [0.717, 1.165) is 0 Å². The Kier molecular flexibility index (Phi) is 6.64. The van der Waals surface area contributed by atoms with Gasteiger partial charge in [0.25, 0.3) is 6.04 Å². The topological polar surface area (TPSA) is 52.3 Å². The molecule has 0 radical (unpaired) electrons. The third kappa shape index (κ3) is 5.66. The summed E-state index contributed by atoms with van der Waals surface area (Å²) in [7, 11) is -3.75. The van der Waals surface area contributed by atoms with Crippen LogP contribution < -0.4 is 0 Å². The molecule has 1 aliphatic heterocycles. The highest BCUT2D eigenvalue weighted by atomic mass is 28.4. The van der Waals surface area contributed by atoms with Crippen molar-refractivity contribution in [3.63, 3.8) is 0 Å². The van der Waals surface area contributed by atoms with E-state index >= 15 is 0 Å². The number of hydrogen-bond acceptors (Lipinski definition) is 4. The van der Waals surface area contributed by atoms with E-state index < -0.39 is 41.0 Å². The summed E-state index contributed by atoms with van der Waals surface area (Å²) in [6, 6.07) is -0.444. The number of aliphatic hydroxyl groups excluding tert-OH is 1. The van der Waals surface area contributed by atoms with Gasteiger partial charge in [-0.15, -0.1) is 0 Å². The monoisotopic (exact) mass is 359 g/mol. The minimum Gasteiger partial charge on any atom is -0.414 e. The molecule has 1 heterocycles. The molecule has 0 bridgehead atoms. The number of aliphatic hydroxyl groups is 1. The fraction of sp³-hybridized carbons (Fsp3) is 0.938.